The number of aromatic nitrogens is 2. The van der Waals surface area contributed by atoms with Gasteiger partial charge in [0, 0.05) is 32.5 Å². The minimum Gasteiger partial charge on any atom is -0.487 e. The Morgan fingerprint density at radius 2 is 1.68 bits per heavy atom. The Hall–Kier alpha value is -3.83. The summed E-state index contributed by atoms with van der Waals surface area (Å²) in [6.07, 6.45) is 3.54. The Morgan fingerprint density at radius 1 is 0.900 bits per heavy atom. The quantitative estimate of drug-likeness (QED) is 0.124. The van der Waals surface area contributed by atoms with Gasteiger partial charge in [-0.3, -0.25) is 4.79 Å². The van der Waals surface area contributed by atoms with Crippen molar-refractivity contribution in [2.24, 2.45) is 11.8 Å². The van der Waals surface area contributed by atoms with E-state index in [9.17, 15) is 4.79 Å². The summed E-state index contributed by atoms with van der Waals surface area (Å²) in [6, 6.07) is 24.3. The van der Waals surface area contributed by atoms with Crippen LogP contribution in [0.5, 0.6) is 5.75 Å². The zero-order valence-electron chi connectivity index (χ0n) is 22.9. The van der Waals surface area contributed by atoms with E-state index in [0.29, 0.717) is 23.3 Å². The van der Waals surface area contributed by atoms with E-state index >= 15 is 0 Å². The summed E-state index contributed by atoms with van der Waals surface area (Å²) in [7, 11) is 0. The van der Waals surface area contributed by atoms with E-state index in [1.165, 1.54) is 23.3 Å². The van der Waals surface area contributed by atoms with Crippen LogP contribution < -0.4 is 4.74 Å². The number of benzene rings is 4. The van der Waals surface area contributed by atoms with Gasteiger partial charge in [0.05, 0.1) is 26.9 Å². The van der Waals surface area contributed by atoms with Crippen LogP contribution in [0, 0.1) is 11.8 Å². The van der Waals surface area contributed by atoms with Gasteiger partial charge in [-0.2, -0.15) is 0 Å². The molecule has 1 aliphatic carbocycles. The van der Waals surface area contributed by atoms with Crippen molar-refractivity contribution in [3.8, 4) is 5.75 Å². The van der Waals surface area contributed by atoms with Gasteiger partial charge in [-0.15, -0.1) is 11.3 Å². The summed E-state index contributed by atoms with van der Waals surface area (Å²) in [6.45, 7) is 6.88. The summed E-state index contributed by atoms with van der Waals surface area (Å²) in [4.78, 5) is 24.7. The lowest BCUT2D eigenvalue weighted by atomic mass is 9.64. The lowest BCUT2D eigenvalue weighted by molar-refractivity contribution is -0.0115. The minimum atomic E-state index is -0.236. The number of hydrogen-bond acceptors (Lipinski definition) is 5. The molecule has 5 heteroatoms. The van der Waals surface area contributed by atoms with Crippen molar-refractivity contribution in [2.45, 2.75) is 51.6 Å². The van der Waals surface area contributed by atoms with Gasteiger partial charge in [0.1, 0.15) is 11.4 Å². The van der Waals surface area contributed by atoms with Crippen LogP contribution in [0.1, 0.15) is 66.8 Å². The van der Waals surface area contributed by atoms with Crippen molar-refractivity contribution in [1.82, 2.24) is 9.97 Å². The van der Waals surface area contributed by atoms with Gasteiger partial charge in [-0.25, -0.2) is 9.97 Å². The maximum Gasteiger partial charge on any atom is 0.203 e. The van der Waals surface area contributed by atoms with Gasteiger partial charge in [0.25, 0.3) is 0 Å². The number of thiophene rings is 1. The van der Waals surface area contributed by atoms with Gasteiger partial charge in [-0.1, -0.05) is 55.8 Å². The Balaban J connectivity index is 1.35. The third kappa shape index (κ3) is 3.53. The van der Waals surface area contributed by atoms with Gasteiger partial charge in [0.15, 0.2) is 0 Å². The zero-order chi connectivity index (χ0) is 27.2. The molecule has 2 aliphatic rings. The number of nitrogens with zero attached hydrogens (tertiary/aromatic N) is 2. The number of ketones is 1. The maximum absolute atomic E-state index is 13.5. The standard InChI is InChI=1S/C35H30N2O2S/c1-19-12-14-25-24(16-19)30-32-31(22-9-5-6-10-23(22)34(30)39-35(25,2)3)37-27-17-21(13-15-26(27)36-32)33(38)29-18-20-8-4-7-11-28(20)40-29/h4-11,13,15,17-19,24-25H,12,14,16H2,1-3H3/t19-,24-,25-/m0/s1. The van der Waals surface area contributed by atoms with Crippen molar-refractivity contribution in [2.75, 3.05) is 0 Å². The van der Waals surface area contributed by atoms with Crippen molar-refractivity contribution >= 4 is 60.0 Å². The molecule has 0 amide bonds. The van der Waals surface area contributed by atoms with E-state index in [2.05, 4.69) is 57.2 Å². The number of rotatable bonds is 2. The maximum atomic E-state index is 13.5. The number of carbonyl (C=O) groups excluding carboxylic acids is 1. The fourth-order valence-corrected chi connectivity index (χ4v) is 8.30. The Morgan fingerprint density at radius 3 is 2.52 bits per heavy atom. The first kappa shape index (κ1) is 24.0. The topological polar surface area (TPSA) is 52.1 Å². The van der Waals surface area contributed by atoms with Crippen LogP contribution in [-0.2, 0) is 0 Å². The predicted octanol–water partition coefficient (Wildman–Crippen LogP) is 9.07. The second-order valence-electron chi connectivity index (χ2n) is 12.2. The molecule has 0 radical (unpaired) electrons. The van der Waals surface area contributed by atoms with Crippen LogP contribution in [0.4, 0.5) is 0 Å². The van der Waals surface area contributed by atoms with Crippen LogP contribution in [0.2, 0.25) is 0 Å². The number of fused-ring (bicyclic) bond motifs is 10. The smallest absolute Gasteiger partial charge is 0.203 e. The molecule has 1 fully saturated rings. The highest BCUT2D eigenvalue weighted by atomic mass is 32.1. The highest BCUT2D eigenvalue weighted by molar-refractivity contribution is 7.21. The average molecular weight is 543 g/mol. The van der Waals surface area contributed by atoms with Crippen molar-refractivity contribution in [3.05, 3.63) is 88.8 Å². The fourth-order valence-electron chi connectivity index (χ4n) is 7.27. The van der Waals surface area contributed by atoms with Crippen molar-refractivity contribution < 1.29 is 9.53 Å². The number of hydrogen-bond donors (Lipinski definition) is 0. The fraction of sp³-hybridized carbons (Fsp3) is 0.286. The molecule has 40 heavy (non-hydrogen) atoms. The Bertz CT molecular complexity index is 1970. The SMILES string of the molecule is C[C@H]1CC[C@H]2[C@H](C1)c1c(c3ccccc3c3nc4cc(C(=O)c5cc6ccccc6s5)ccc4nc13)OC2(C)C. The Kier molecular flexibility index (Phi) is 5.15. The van der Waals surface area contributed by atoms with E-state index in [0.717, 1.165) is 66.4 Å². The number of ether oxygens (including phenoxy) is 1. The molecule has 0 bridgehead atoms. The molecule has 2 aromatic heterocycles. The highest BCUT2D eigenvalue weighted by Crippen LogP contribution is 2.56. The van der Waals surface area contributed by atoms with Gasteiger partial charge >= 0.3 is 0 Å². The normalized spacial score (nSPS) is 21.8. The number of carbonyl (C=O) groups is 1. The van der Waals surface area contributed by atoms with Gasteiger partial charge < -0.3 is 4.74 Å². The molecule has 3 atom stereocenters. The first-order chi connectivity index (χ1) is 19.4. The Labute approximate surface area is 237 Å². The first-order valence-electron chi connectivity index (χ1n) is 14.3. The van der Waals surface area contributed by atoms with Crippen molar-refractivity contribution in [3.63, 3.8) is 0 Å². The molecule has 8 rings (SSSR count). The third-order valence-electron chi connectivity index (χ3n) is 9.24. The first-order valence-corrected chi connectivity index (χ1v) is 15.1. The molecule has 1 aliphatic heterocycles. The summed E-state index contributed by atoms with van der Waals surface area (Å²) in [5, 5.41) is 3.24. The largest absolute Gasteiger partial charge is 0.487 e. The second kappa shape index (κ2) is 8.58. The van der Waals surface area contributed by atoms with Crippen molar-refractivity contribution in [1.29, 1.82) is 0 Å². The second-order valence-corrected chi connectivity index (χ2v) is 13.3. The molecule has 4 nitrogen and oxygen atoms in total. The average Bonchev–Trinajstić information content (AvgIpc) is 3.40. The van der Waals surface area contributed by atoms with Crippen LogP contribution in [0.15, 0.2) is 72.8 Å². The molecular formula is C35H30N2O2S. The molecule has 1 saturated carbocycles. The zero-order valence-corrected chi connectivity index (χ0v) is 23.7. The molecule has 0 N–H and O–H groups in total. The molecule has 3 heterocycles. The monoisotopic (exact) mass is 542 g/mol. The predicted molar refractivity (Wildman–Crippen MR) is 164 cm³/mol. The van der Waals surface area contributed by atoms with Crippen LogP contribution in [-0.4, -0.2) is 21.4 Å². The highest BCUT2D eigenvalue weighted by Gasteiger charge is 2.47. The molecular weight excluding hydrogens is 512 g/mol. The van der Waals surface area contributed by atoms with E-state index in [1.807, 2.05) is 36.4 Å². The van der Waals surface area contributed by atoms with E-state index in [4.69, 9.17) is 14.7 Å². The minimum absolute atomic E-state index is 0.0231. The molecule has 0 unspecified atom stereocenters. The third-order valence-corrected chi connectivity index (χ3v) is 10.4. The van der Waals surface area contributed by atoms with Crippen LogP contribution >= 0.6 is 11.3 Å². The van der Waals surface area contributed by atoms with Crippen LogP contribution in [0.25, 0.3) is 42.9 Å². The van der Waals surface area contributed by atoms with E-state index in [-0.39, 0.29) is 11.4 Å². The van der Waals surface area contributed by atoms with Gasteiger partial charge in [-0.05, 0) is 74.2 Å². The molecule has 0 spiro atoms. The van der Waals surface area contributed by atoms with E-state index < -0.39 is 0 Å². The molecule has 198 valence electrons. The molecule has 0 saturated heterocycles. The summed E-state index contributed by atoms with van der Waals surface area (Å²) in [5.74, 6) is 2.50. The summed E-state index contributed by atoms with van der Waals surface area (Å²) in [5.41, 5.74) is 5.03. The van der Waals surface area contributed by atoms with Crippen LogP contribution in [0.3, 0.4) is 0 Å². The molecule has 6 aromatic rings. The van der Waals surface area contributed by atoms with E-state index in [1.54, 1.807) is 0 Å². The summed E-state index contributed by atoms with van der Waals surface area (Å²) < 4.78 is 7.99. The van der Waals surface area contributed by atoms with Gasteiger partial charge in [0.2, 0.25) is 5.78 Å². The lowest BCUT2D eigenvalue weighted by Crippen LogP contribution is -2.46. The lowest BCUT2D eigenvalue weighted by Gasteiger charge is -2.49. The summed E-state index contributed by atoms with van der Waals surface area (Å²) >= 11 is 1.54. The molecule has 4 aromatic carbocycles.